The summed E-state index contributed by atoms with van der Waals surface area (Å²) in [5.74, 6) is -0.280. The van der Waals surface area contributed by atoms with E-state index in [0.29, 0.717) is 27.6 Å². The van der Waals surface area contributed by atoms with E-state index < -0.39 is 5.97 Å². The molecule has 4 nitrogen and oxygen atoms in total. The second-order valence-electron chi connectivity index (χ2n) is 5.17. The second kappa shape index (κ2) is 6.84. The van der Waals surface area contributed by atoms with Crippen molar-refractivity contribution in [1.29, 1.82) is 0 Å². The topological polar surface area (TPSA) is 52.3 Å². The van der Waals surface area contributed by atoms with Crippen LogP contribution in [0.15, 0.2) is 53.1 Å². The number of halogens is 2. The van der Waals surface area contributed by atoms with E-state index in [1.807, 2.05) is 0 Å². The Labute approximate surface area is 142 Å². The summed E-state index contributed by atoms with van der Waals surface area (Å²) in [5.41, 5.74) is 2.36. The molecule has 0 bridgehead atoms. The van der Waals surface area contributed by atoms with Crippen molar-refractivity contribution in [3.8, 4) is 11.3 Å². The fourth-order valence-electron chi connectivity index (χ4n) is 2.18. The first-order chi connectivity index (χ1) is 11.5. The van der Waals surface area contributed by atoms with Crippen molar-refractivity contribution in [3.63, 3.8) is 0 Å². The number of nitrogens with zero attached hydrogens (tertiary/aromatic N) is 1. The molecule has 0 atom stereocenters. The fraction of sp³-hybridized carbons (Fsp3) is 0.111. The minimum absolute atomic E-state index is 0.0159. The molecule has 0 spiro atoms. The Morgan fingerprint density at radius 1 is 1.17 bits per heavy atom. The molecule has 6 heteroatoms. The molecule has 0 aliphatic heterocycles. The lowest BCUT2D eigenvalue weighted by Crippen LogP contribution is -2.05. The number of ether oxygens (including phenoxy) is 1. The molecule has 0 unspecified atom stereocenters. The van der Waals surface area contributed by atoms with Crippen LogP contribution in [0.25, 0.3) is 11.3 Å². The predicted molar refractivity (Wildman–Crippen MR) is 87.2 cm³/mol. The first-order valence-electron chi connectivity index (χ1n) is 7.18. The summed E-state index contributed by atoms with van der Waals surface area (Å²) in [6.07, 6.45) is 0. The highest BCUT2D eigenvalue weighted by molar-refractivity contribution is 6.30. The van der Waals surface area contributed by atoms with Crippen molar-refractivity contribution >= 4 is 17.6 Å². The summed E-state index contributed by atoms with van der Waals surface area (Å²) in [4.78, 5) is 12.0. The molecule has 0 amide bonds. The van der Waals surface area contributed by atoms with Gasteiger partial charge in [0.05, 0.1) is 5.56 Å². The zero-order valence-electron chi connectivity index (χ0n) is 12.8. The van der Waals surface area contributed by atoms with E-state index >= 15 is 0 Å². The maximum absolute atomic E-state index is 13.0. The van der Waals surface area contributed by atoms with Crippen LogP contribution in [0.2, 0.25) is 5.02 Å². The molecule has 1 heterocycles. The van der Waals surface area contributed by atoms with Gasteiger partial charge in [0.1, 0.15) is 18.1 Å². The Morgan fingerprint density at radius 2 is 1.83 bits per heavy atom. The average molecular weight is 346 g/mol. The number of esters is 1. The van der Waals surface area contributed by atoms with Gasteiger partial charge in [0.2, 0.25) is 0 Å². The van der Waals surface area contributed by atoms with Gasteiger partial charge in [0, 0.05) is 16.1 Å². The van der Waals surface area contributed by atoms with E-state index in [0.717, 1.165) is 5.56 Å². The summed E-state index contributed by atoms with van der Waals surface area (Å²) < 4.78 is 23.5. The van der Waals surface area contributed by atoms with Crippen molar-refractivity contribution in [2.75, 3.05) is 0 Å². The molecule has 122 valence electrons. The van der Waals surface area contributed by atoms with Crippen molar-refractivity contribution in [3.05, 3.63) is 76.2 Å². The van der Waals surface area contributed by atoms with E-state index in [9.17, 15) is 9.18 Å². The quantitative estimate of drug-likeness (QED) is 0.637. The Bertz CT molecular complexity index is 857. The Hall–Kier alpha value is -2.66. The molecule has 3 aromatic rings. The standard InChI is InChI=1S/C18H13ClFNO3/c1-11-16(10-23-18(22)13-2-6-14(19)7-3-13)21-24-17(11)12-4-8-15(20)9-5-12/h2-9H,10H2,1H3. The number of hydrogen-bond donors (Lipinski definition) is 0. The molecular weight excluding hydrogens is 333 g/mol. The summed E-state index contributed by atoms with van der Waals surface area (Å²) in [7, 11) is 0. The van der Waals surface area contributed by atoms with Crippen LogP contribution in [-0.2, 0) is 11.3 Å². The number of rotatable bonds is 4. The monoisotopic (exact) mass is 345 g/mol. The lowest BCUT2D eigenvalue weighted by Gasteiger charge is -2.03. The minimum atomic E-state index is -0.475. The average Bonchev–Trinajstić information content (AvgIpc) is 2.95. The molecule has 24 heavy (non-hydrogen) atoms. The third-order valence-corrected chi connectivity index (χ3v) is 3.80. The highest BCUT2D eigenvalue weighted by atomic mass is 35.5. The van der Waals surface area contributed by atoms with E-state index in [4.69, 9.17) is 20.9 Å². The van der Waals surface area contributed by atoms with E-state index in [1.165, 1.54) is 12.1 Å². The first-order valence-corrected chi connectivity index (χ1v) is 7.56. The number of aromatic nitrogens is 1. The molecule has 0 saturated heterocycles. The van der Waals surface area contributed by atoms with Gasteiger partial charge in [-0.1, -0.05) is 16.8 Å². The number of carbonyl (C=O) groups excluding carboxylic acids is 1. The van der Waals surface area contributed by atoms with Gasteiger partial charge in [-0.3, -0.25) is 0 Å². The largest absolute Gasteiger partial charge is 0.455 e. The summed E-state index contributed by atoms with van der Waals surface area (Å²) in [6.45, 7) is 1.79. The third kappa shape index (κ3) is 3.46. The molecule has 0 saturated carbocycles. The molecule has 3 rings (SSSR count). The highest BCUT2D eigenvalue weighted by Crippen LogP contribution is 2.26. The van der Waals surface area contributed by atoms with Crippen LogP contribution < -0.4 is 0 Å². The lowest BCUT2D eigenvalue weighted by molar-refractivity contribution is 0.0464. The molecular formula is C18H13ClFNO3. The minimum Gasteiger partial charge on any atom is -0.455 e. The Morgan fingerprint density at radius 3 is 2.50 bits per heavy atom. The molecule has 0 fully saturated rings. The Balaban J connectivity index is 1.71. The summed E-state index contributed by atoms with van der Waals surface area (Å²) in [5, 5.41) is 4.47. The number of carbonyl (C=O) groups is 1. The van der Waals surface area contributed by atoms with Crippen LogP contribution >= 0.6 is 11.6 Å². The van der Waals surface area contributed by atoms with Gasteiger partial charge in [-0.2, -0.15) is 0 Å². The zero-order valence-corrected chi connectivity index (χ0v) is 13.5. The molecule has 0 aliphatic carbocycles. The third-order valence-electron chi connectivity index (χ3n) is 3.55. The SMILES string of the molecule is Cc1c(COC(=O)c2ccc(Cl)cc2)noc1-c1ccc(F)cc1. The molecule has 0 aliphatic rings. The van der Waals surface area contributed by atoms with E-state index in [-0.39, 0.29) is 12.4 Å². The number of benzene rings is 2. The van der Waals surface area contributed by atoms with Crippen LogP contribution in [0.4, 0.5) is 4.39 Å². The maximum Gasteiger partial charge on any atom is 0.338 e. The number of hydrogen-bond acceptors (Lipinski definition) is 4. The van der Waals surface area contributed by atoms with Gasteiger partial charge < -0.3 is 9.26 Å². The molecule has 2 aromatic carbocycles. The second-order valence-corrected chi connectivity index (χ2v) is 5.61. The zero-order chi connectivity index (χ0) is 17.1. The Kier molecular flexibility index (Phi) is 4.62. The van der Waals surface area contributed by atoms with Gasteiger partial charge in [0.25, 0.3) is 0 Å². The maximum atomic E-state index is 13.0. The normalized spacial score (nSPS) is 10.6. The lowest BCUT2D eigenvalue weighted by atomic mass is 10.1. The molecule has 0 radical (unpaired) electrons. The van der Waals surface area contributed by atoms with Crippen LogP contribution in [0.1, 0.15) is 21.6 Å². The smallest absolute Gasteiger partial charge is 0.338 e. The highest BCUT2D eigenvalue weighted by Gasteiger charge is 2.16. The fourth-order valence-corrected chi connectivity index (χ4v) is 2.30. The van der Waals surface area contributed by atoms with Crippen LogP contribution in [0.5, 0.6) is 0 Å². The summed E-state index contributed by atoms with van der Waals surface area (Å²) in [6, 6.07) is 12.3. The van der Waals surface area contributed by atoms with Gasteiger partial charge >= 0.3 is 5.97 Å². The van der Waals surface area contributed by atoms with Crippen molar-refractivity contribution in [2.24, 2.45) is 0 Å². The van der Waals surface area contributed by atoms with Crippen LogP contribution in [0, 0.1) is 12.7 Å². The van der Waals surface area contributed by atoms with Gasteiger partial charge in [0.15, 0.2) is 5.76 Å². The van der Waals surface area contributed by atoms with E-state index in [2.05, 4.69) is 5.16 Å². The molecule has 0 N–H and O–H groups in total. The van der Waals surface area contributed by atoms with Gasteiger partial charge in [-0.05, 0) is 55.5 Å². The predicted octanol–water partition coefficient (Wildman–Crippen LogP) is 4.80. The van der Waals surface area contributed by atoms with E-state index in [1.54, 1.807) is 43.3 Å². The van der Waals surface area contributed by atoms with Gasteiger partial charge in [-0.15, -0.1) is 0 Å². The van der Waals surface area contributed by atoms with Crippen molar-refractivity contribution < 1.29 is 18.4 Å². The van der Waals surface area contributed by atoms with Crippen LogP contribution in [-0.4, -0.2) is 11.1 Å². The van der Waals surface area contributed by atoms with Crippen molar-refractivity contribution in [1.82, 2.24) is 5.16 Å². The van der Waals surface area contributed by atoms with Crippen LogP contribution in [0.3, 0.4) is 0 Å². The van der Waals surface area contributed by atoms with Gasteiger partial charge in [-0.25, -0.2) is 9.18 Å². The van der Waals surface area contributed by atoms with Crippen molar-refractivity contribution in [2.45, 2.75) is 13.5 Å². The first kappa shape index (κ1) is 16.2. The summed E-state index contributed by atoms with van der Waals surface area (Å²) >= 11 is 5.78. The molecule has 1 aromatic heterocycles.